The average Bonchev–Trinajstić information content (AvgIpc) is 2.36. The van der Waals surface area contributed by atoms with E-state index in [1.807, 2.05) is 19.0 Å². The van der Waals surface area contributed by atoms with Crippen LogP contribution >= 0.6 is 0 Å². The highest BCUT2D eigenvalue weighted by Crippen LogP contribution is 2.24. The highest BCUT2D eigenvalue weighted by atomic mass is 16.2. The van der Waals surface area contributed by atoms with Gasteiger partial charge in [-0.1, -0.05) is 26.2 Å². The molecule has 0 saturated heterocycles. The minimum absolute atomic E-state index is 0.147. The molecule has 3 heteroatoms. The first-order valence-corrected chi connectivity index (χ1v) is 7.08. The molecule has 1 aliphatic rings. The van der Waals surface area contributed by atoms with Crippen molar-refractivity contribution in [3.63, 3.8) is 0 Å². The van der Waals surface area contributed by atoms with Gasteiger partial charge in [0, 0.05) is 20.1 Å². The molecule has 0 aliphatic heterocycles. The van der Waals surface area contributed by atoms with E-state index >= 15 is 0 Å². The summed E-state index contributed by atoms with van der Waals surface area (Å²) in [7, 11) is 3.88. The molecule has 1 unspecified atom stereocenters. The molecule has 0 spiro atoms. The maximum absolute atomic E-state index is 12.2. The van der Waals surface area contributed by atoms with Crippen LogP contribution in [0.25, 0.3) is 0 Å². The van der Waals surface area contributed by atoms with Gasteiger partial charge in [0.15, 0.2) is 0 Å². The van der Waals surface area contributed by atoms with Gasteiger partial charge in [0.05, 0.1) is 5.92 Å². The molecule has 3 nitrogen and oxygen atoms in total. The van der Waals surface area contributed by atoms with Gasteiger partial charge in [-0.25, -0.2) is 0 Å². The van der Waals surface area contributed by atoms with Gasteiger partial charge in [0.25, 0.3) is 0 Å². The Hall–Kier alpha value is -0.570. The van der Waals surface area contributed by atoms with Crippen LogP contribution in [0.3, 0.4) is 0 Å². The van der Waals surface area contributed by atoms with E-state index in [0.29, 0.717) is 5.91 Å². The van der Waals surface area contributed by atoms with Crippen molar-refractivity contribution in [2.24, 2.45) is 11.8 Å². The third kappa shape index (κ3) is 4.66. The van der Waals surface area contributed by atoms with E-state index in [-0.39, 0.29) is 5.92 Å². The van der Waals surface area contributed by atoms with Crippen LogP contribution in [0.4, 0.5) is 0 Å². The molecule has 1 fully saturated rings. The number of nitrogens with one attached hydrogen (secondary N) is 1. The topological polar surface area (TPSA) is 32.3 Å². The molecule has 0 aromatic rings. The van der Waals surface area contributed by atoms with Crippen molar-refractivity contribution in [1.82, 2.24) is 10.2 Å². The van der Waals surface area contributed by atoms with Crippen molar-refractivity contribution in [2.75, 3.05) is 27.2 Å². The summed E-state index contributed by atoms with van der Waals surface area (Å²) in [5.74, 6) is 1.20. The number of rotatable bonds is 6. The van der Waals surface area contributed by atoms with E-state index in [9.17, 15) is 4.79 Å². The SMILES string of the molecule is CCC(CNC)C(=O)N(C)CC1CCCCC1. The predicted octanol–water partition coefficient (Wildman–Crippen LogP) is 2.27. The third-order valence-corrected chi connectivity index (χ3v) is 3.93. The second kappa shape index (κ2) is 7.70. The van der Waals surface area contributed by atoms with Crippen LogP contribution in [-0.2, 0) is 4.79 Å². The molecule has 1 rings (SSSR count). The van der Waals surface area contributed by atoms with Crippen molar-refractivity contribution < 1.29 is 4.79 Å². The minimum Gasteiger partial charge on any atom is -0.345 e. The first-order valence-electron chi connectivity index (χ1n) is 7.08. The zero-order chi connectivity index (χ0) is 12.7. The number of hydrogen-bond donors (Lipinski definition) is 1. The predicted molar refractivity (Wildman–Crippen MR) is 71.9 cm³/mol. The van der Waals surface area contributed by atoms with Crippen LogP contribution in [-0.4, -0.2) is 38.0 Å². The first kappa shape index (κ1) is 14.5. The second-order valence-corrected chi connectivity index (χ2v) is 5.39. The Balaban J connectivity index is 2.38. The van der Waals surface area contributed by atoms with Gasteiger partial charge in [-0.2, -0.15) is 0 Å². The zero-order valence-electron chi connectivity index (χ0n) is 11.7. The van der Waals surface area contributed by atoms with E-state index < -0.39 is 0 Å². The summed E-state index contributed by atoms with van der Waals surface area (Å²) in [6.07, 6.45) is 7.61. The van der Waals surface area contributed by atoms with Crippen molar-refractivity contribution in [1.29, 1.82) is 0 Å². The van der Waals surface area contributed by atoms with Crippen molar-refractivity contribution >= 4 is 5.91 Å². The minimum atomic E-state index is 0.147. The lowest BCUT2D eigenvalue weighted by Gasteiger charge is -2.29. The Morgan fingerprint density at radius 2 is 2.00 bits per heavy atom. The summed E-state index contributed by atoms with van der Waals surface area (Å²) in [4.78, 5) is 14.2. The van der Waals surface area contributed by atoms with Crippen molar-refractivity contribution in [3.8, 4) is 0 Å². The van der Waals surface area contributed by atoms with Crippen LogP contribution in [0.15, 0.2) is 0 Å². The normalized spacial score (nSPS) is 19.0. The fourth-order valence-electron chi connectivity index (χ4n) is 2.81. The molecule has 17 heavy (non-hydrogen) atoms. The molecular weight excluding hydrogens is 212 g/mol. The number of nitrogens with zero attached hydrogens (tertiary/aromatic N) is 1. The monoisotopic (exact) mass is 240 g/mol. The Kier molecular flexibility index (Phi) is 6.56. The van der Waals surface area contributed by atoms with E-state index in [1.165, 1.54) is 32.1 Å². The van der Waals surface area contributed by atoms with E-state index in [1.54, 1.807) is 0 Å². The summed E-state index contributed by atoms with van der Waals surface area (Å²) < 4.78 is 0. The second-order valence-electron chi connectivity index (χ2n) is 5.39. The highest BCUT2D eigenvalue weighted by molar-refractivity contribution is 5.78. The smallest absolute Gasteiger partial charge is 0.226 e. The lowest BCUT2D eigenvalue weighted by Crippen LogP contribution is -2.39. The summed E-state index contributed by atoms with van der Waals surface area (Å²) in [5.41, 5.74) is 0. The van der Waals surface area contributed by atoms with Gasteiger partial charge in [0.2, 0.25) is 5.91 Å². The molecule has 1 saturated carbocycles. The van der Waals surface area contributed by atoms with Crippen LogP contribution < -0.4 is 5.32 Å². The maximum atomic E-state index is 12.2. The van der Waals surface area contributed by atoms with Gasteiger partial charge < -0.3 is 10.2 Å². The molecule has 1 atom stereocenters. The molecule has 0 aromatic carbocycles. The number of carbonyl (C=O) groups excluding carboxylic acids is 1. The molecule has 1 amide bonds. The van der Waals surface area contributed by atoms with Gasteiger partial charge in [-0.3, -0.25) is 4.79 Å². The summed E-state index contributed by atoms with van der Waals surface area (Å²) >= 11 is 0. The number of amides is 1. The van der Waals surface area contributed by atoms with Gasteiger partial charge >= 0.3 is 0 Å². The standard InChI is InChI=1S/C14H28N2O/c1-4-13(10-15-2)14(17)16(3)11-12-8-6-5-7-9-12/h12-13,15H,4-11H2,1-3H3. The lowest BCUT2D eigenvalue weighted by atomic mass is 9.89. The maximum Gasteiger partial charge on any atom is 0.226 e. The van der Waals surface area contributed by atoms with Crippen LogP contribution in [0.1, 0.15) is 45.4 Å². The molecule has 100 valence electrons. The van der Waals surface area contributed by atoms with E-state index in [4.69, 9.17) is 0 Å². The molecule has 0 bridgehead atoms. The third-order valence-electron chi connectivity index (χ3n) is 3.93. The number of hydrogen-bond acceptors (Lipinski definition) is 2. The Labute approximate surface area is 106 Å². The van der Waals surface area contributed by atoms with Gasteiger partial charge in [-0.15, -0.1) is 0 Å². The van der Waals surface area contributed by atoms with Crippen LogP contribution in [0.2, 0.25) is 0 Å². The Bertz CT molecular complexity index is 224. The molecule has 0 heterocycles. The number of carbonyl (C=O) groups is 1. The molecule has 0 aromatic heterocycles. The molecule has 1 N–H and O–H groups in total. The molecule has 1 aliphatic carbocycles. The summed E-state index contributed by atoms with van der Waals surface area (Å²) in [6, 6.07) is 0. The van der Waals surface area contributed by atoms with Crippen molar-refractivity contribution in [2.45, 2.75) is 45.4 Å². The first-order chi connectivity index (χ1) is 8.19. The van der Waals surface area contributed by atoms with E-state index in [2.05, 4.69) is 12.2 Å². The van der Waals surface area contributed by atoms with Crippen LogP contribution in [0.5, 0.6) is 0 Å². The fourth-order valence-corrected chi connectivity index (χ4v) is 2.81. The van der Waals surface area contributed by atoms with Crippen LogP contribution in [0, 0.1) is 11.8 Å². The lowest BCUT2D eigenvalue weighted by molar-refractivity contribution is -0.134. The Morgan fingerprint density at radius 3 is 2.53 bits per heavy atom. The highest BCUT2D eigenvalue weighted by Gasteiger charge is 2.22. The Morgan fingerprint density at radius 1 is 1.35 bits per heavy atom. The largest absolute Gasteiger partial charge is 0.345 e. The van der Waals surface area contributed by atoms with E-state index in [0.717, 1.165) is 25.4 Å². The van der Waals surface area contributed by atoms with Gasteiger partial charge in [0.1, 0.15) is 0 Å². The average molecular weight is 240 g/mol. The fraction of sp³-hybridized carbons (Fsp3) is 0.929. The molecule has 0 radical (unpaired) electrons. The van der Waals surface area contributed by atoms with Gasteiger partial charge in [-0.05, 0) is 32.2 Å². The summed E-state index contributed by atoms with van der Waals surface area (Å²) in [5, 5.41) is 3.11. The van der Waals surface area contributed by atoms with Crippen molar-refractivity contribution in [3.05, 3.63) is 0 Å². The quantitative estimate of drug-likeness (QED) is 0.772. The summed E-state index contributed by atoms with van der Waals surface area (Å²) in [6.45, 7) is 3.84. The zero-order valence-corrected chi connectivity index (χ0v) is 11.7. The molecular formula is C14H28N2O.